The van der Waals surface area contributed by atoms with Crippen molar-refractivity contribution >= 4 is 49.3 Å². The lowest BCUT2D eigenvalue weighted by atomic mass is 10.1. The molecule has 0 aliphatic carbocycles. The third kappa shape index (κ3) is 5.98. The summed E-state index contributed by atoms with van der Waals surface area (Å²) in [6, 6.07) is 3.65. The smallest absolute Gasteiger partial charge is 0.418 e. The third-order valence-electron chi connectivity index (χ3n) is 5.93. The average molecular weight is 574 g/mol. The predicted molar refractivity (Wildman–Crippen MR) is 136 cm³/mol. The Morgan fingerprint density at radius 3 is 2.47 bits per heavy atom. The van der Waals surface area contributed by atoms with Crippen LogP contribution in [0.3, 0.4) is 0 Å². The fourth-order valence-corrected chi connectivity index (χ4v) is 7.27. The molecule has 4 rings (SSSR count). The third-order valence-corrected chi connectivity index (χ3v) is 9.49. The molecule has 1 amide bonds. The highest BCUT2D eigenvalue weighted by Crippen LogP contribution is 2.35. The lowest BCUT2D eigenvalue weighted by molar-refractivity contribution is -0.136. The van der Waals surface area contributed by atoms with E-state index in [9.17, 15) is 26.4 Å². The molecule has 0 radical (unpaired) electrons. The number of para-hydroxylation sites is 1. The number of benzene rings is 1. The molecular weight excluding hydrogens is 547 g/mol. The standard InChI is InChI=1S/C22H26F3N7O4S2/c1-12(26-18-15-5-4-6-16(22(23,24)25)17(15)28-14(3)29-18)11-31-7-9-32(10-8-31)38(35,36)19-13(2)27-20(37-19)30-21(33)34/h4-6,12H,7-11H2,1-3H3,(H,27,30)(H,33,34)(H,26,28,29). The highest BCUT2D eigenvalue weighted by atomic mass is 32.2. The minimum absolute atomic E-state index is 0.00558. The molecule has 1 aromatic carbocycles. The van der Waals surface area contributed by atoms with E-state index >= 15 is 0 Å². The molecule has 1 unspecified atom stereocenters. The minimum Gasteiger partial charge on any atom is -0.465 e. The van der Waals surface area contributed by atoms with E-state index in [4.69, 9.17) is 5.11 Å². The first-order chi connectivity index (χ1) is 17.8. The second-order valence-corrected chi connectivity index (χ2v) is 12.0. The highest BCUT2D eigenvalue weighted by Gasteiger charge is 2.34. The zero-order chi connectivity index (χ0) is 27.8. The molecule has 3 aromatic rings. The van der Waals surface area contributed by atoms with Crippen molar-refractivity contribution in [2.75, 3.05) is 43.4 Å². The van der Waals surface area contributed by atoms with E-state index in [-0.39, 0.29) is 50.9 Å². The van der Waals surface area contributed by atoms with Crippen LogP contribution in [0.15, 0.2) is 22.4 Å². The van der Waals surface area contributed by atoms with Crippen molar-refractivity contribution in [1.82, 2.24) is 24.2 Å². The summed E-state index contributed by atoms with van der Waals surface area (Å²) >= 11 is 0.767. The van der Waals surface area contributed by atoms with Gasteiger partial charge in [0.05, 0.1) is 16.8 Å². The van der Waals surface area contributed by atoms with Crippen LogP contribution >= 0.6 is 11.3 Å². The fourth-order valence-electron chi connectivity index (χ4n) is 4.31. The van der Waals surface area contributed by atoms with Crippen molar-refractivity contribution in [2.45, 2.75) is 37.2 Å². The zero-order valence-corrected chi connectivity index (χ0v) is 22.3. The number of hydrogen-bond donors (Lipinski definition) is 3. The first-order valence-corrected chi connectivity index (χ1v) is 13.8. The topological polar surface area (TPSA) is 141 Å². The number of halogens is 3. The van der Waals surface area contributed by atoms with Crippen LogP contribution in [0.5, 0.6) is 0 Å². The lowest BCUT2D eigenvalue weighted by Crippen LogP contribution is -2.50. The molecule has 3 N–H and O–H groups in total. The Labute approximate surface area is 220 Å². The number of piperazine rings is 1. The van der Waals surface area contributed by atoms with Crippen molar-refractivity contribution in [1.29, 1.82) is 0 Å². The van der Waals surface area contributed by atoms with Crippen molar-refractivity contribution in [3.63, 3.8) is 0 Å². The Balaban J connectivity index is 1.41. The predicted octanol–water partition coefficient (Wildman–Crippen LogP) is 3.62. The number of nitrogens with one attached hydrogen (secondary N) is 2. The molecule has 11 nitrogen and oxygen atoms in total. The number of carboxylic acid groups (broad SMARTS) is 1. The molecule has 1 fully saturated rings. The van der Waals surface area contributed by atoms with E-state index in [1.54, 1.807) is 6.07 Å². The normalized spacial score (nSPS) is 16.5. The maximum atomic E-state index is 13.5. The summed E-state index contributed by atoms with van der Waals surface area (Å²) in [5.41, 5.74) is -0.767. The number of thiazole rings is 1. The molecule has 3 heterocycles. The molecule has 2 aromatic heterocycles. The molecule has 0 bridgehead atoms. The number of anilines is 2. The Hall–Kier alpha value is -3.08. The monoisotopic (exact) mass is 573 g/mol. The molecule has 1 saturated heterocycles. The van der Waals surface area contributed by atoms with Gasteiger partial charge in [-0.25, -0.2) is 28.2 Å². The molecule has 1 atom stereocenters. The summed E-state index contributed by atoms with van der Waals surface area (Å²) in [5.74, 6) is 0.515. The Morgan fingerprint density at radius 2 is 1.84 bits per heavy atom. The van der Waals surface area contributed by atoms with Gasteiger partial charge >= 0.3 is 12.3 Å². The SMILES string of the molecule is Cc1nc(NC(C)CN2CCN(S(=O)(=O)c3sc(NC(=O)O)nc3C)CC2)c2cccc(C(F)(F)F)c2n1. The fraction of sp³-hybridized carbons (Fsp3) is 0.455. The summed E-state index contributed by atoms with van der Waals surface area (Å²) in [4.78, 5) is 25.2. The van der Waals surface area contributed by atoms with E-state index in [2.05, 4.69) is 30.5 Å². The lowest BCUT2D eigenvalue weighted by Gasteiger charge is -2.35. The van der Waals surface area contributed by atoms with Crippen molar-refractivity contribution in [2.24, 2.45) is 0 Å². The molecule has 38 heavy (non-hydrogen) atoms. The van der Waals surface area contributed by atoms with E-state index in [0.717, 1.165) is 17.4 Å². The van der Waals surface area contributed by atoms with Crippen LogP contribution in [0.25, 0.3) is 10.9 Å². The molecule has 206 valence electrons. The highest BCUT2D eigenvalue weighted by molar-refractivity contribution is 7.91. The number of nitrogens with zero attached hydrogens (tertiary/aromatic N) is 5. The molecular formula is C22H26F3N7O4S2. The van der Waals surface area contributed by atoms with Crippen LogP contribution in [-0.2, 0) is 16.2 Å². The number of alkyl halides is 3. The number of hydrogen-bond acceptors (Lipinski definition) is 9. The molecule has 0 spiro atoms. The van der Waals surface area contributed by atoms with Crippen LogP contribution in [0.2, 0.25) is 0 Å². The van der Waals surface area contributed by atoms with Gasteiger partial charge in [-0.1, -0.05) is 17.4 Å². The van der Waals surface area contributed by atoms with Gasteiger partial charge in [-0.3, -0.25) is 10.2 Å². The van der Waals surface area contributed by atoms with Crippen LogP contribution in [0, 0.1) is 13.8 Å². The number of aromatic nitrogens is 3. The molecule has 1 aliphatic rings. The summed E-state index contributed by atoms with van der Waals surface area (Å²) in [7, 11) is -3.85. The molecule has 16 heteroatoms. The Kier molecular flexibility index (Phi) is 7.79. The van der Waals surface area contributed by atoms with Gasteiger partial charge in [-0.15, -0.1) is 0 Å². The number of aryl methyl sites for hydroxylation is 2. The van der Waals surface area contributed by atoms with E-state index in [1.165, 1.54) is 24.2 Å². The van der Waals surface area contributed by atoms with E-state index in [0.29, 0.717) is 25.5 Å². The summed E-state index contributed by atoms with van der Waals surface area (Å²) in [5, 5.41) is 14.4. The quantitative estimate of drug-likeness (QED) is 0.387. The number of rotatable bonds is 7. The van der Waals surface area contributed by atoms with Gasteiger partial charge in [0.25, 0.3) is 10.0 Å². The second kappa shape index (κ2) is 10.6. The zero-order valence-electron chi connectivity index (χ0n) is 20.7. The molecule has 0 saturated carbocycles. The van der Waals surface area contributed by atoms with Gasteiger partial charge in [0.2, 0.25) is 0 Å². The number of carbonyl (C=O) groups is 1. The summed E-state index contributed by atoms with van der Waals surface area (Å²) in [6.07, 6.45) is -5.88. The first kappa shape index (κ1) is 27.9. The average Bonchev–Trinajstić information content (AvgIpc) is 3.18. The Bertz CT molecular complexity index is 1460. The van der Waals surface area contributed by atoms with E-state index in [1.807, 2.05) is 6.92 Å². The maximum Gasteiger partial charge on any atom is 0.418 e. The minimum atomic E-state index is -4.55. The number of sulfonamides is 1. The summed E-state index contributed by atoms with van der Waals surface area (Å²) < 4.78 is 68.0. The largest absolute Gasteiger partial charge is 0.465 e. The van der Waals surface area contributed by atoms with Gasteiger partial charge in [-0.05, 0) is 32.9 Å². The van der Waals surface area contributed by atoms with Gasteiger partial charge < -0.3 is 10.4 Å². The Morgan fingerprint density at radius 1 is 1.16 bits per heavy atom. The van der Waals surface area contributed by atoms with Crippen molar-refractivity contribution < 1.29 is 31.5 Å². The van der Waals surface area contributed by atoms with Crippen LogP contribution in [0.4, 0.5) is 28.9 Å². The number of fused-ring (bicyclic) bond motifs is 1. The number of amides is 1. The maximum absolute atomic E-state index is 13.5. The van der Waals surface area contributed by atoms with Crippen LogP contribution < -0.4 is 10.6 Å². The van der Waals surface area contributed by atoms with Gasteiger partial charge in [0.15, 0.2) is 9.34 Å². The first-order valence-electron chi connectivity index (χ1n) is 11.6. The second-order valence-electron chi connectivity index (χ2n) is 8.89. The van der Waals surface area contributed by atoms with Gasteiger partial charge in [0.1, 0.15) is 11.6 Å². The summed E-state index contributed by atoms with van der Waals surface area (Å²) in [6.45, 7) is 6.73. The van der Waals surface area contributed by atoms with Gasteiger partial charge in [0, 0.05) is 44.2 Å². The van der Waals surface area contributed by atoms with Crippen molar-refractivity contribution in [3.05, 3.63) is 35.3 Å². The van der Waals surface area contributed by atoms with Crippen LogP contribution in [-0.4, -0.2) is 82.5 Å². The van der Waals surface area contributed by atoms with Crippen molar-refractivity contribution in [3.8, 4) is 0 Å². The van der Waals surface area contributed by atoms with Gasteiger partial charge in [-0.2, -0.15) is 17.5 Å². The van der Waals surface area contributed by atoms with Crippen LogP contribution in [0.1, 0.15) is 24.0 Å². The van der Waals surface area contributed by atoms with E-state index < -0.39 is 27.9 Å². The molecule has 1 aliphatic heterocycles.